The van der Waals surface area contributed by atoms with Crippen LogP contribution in [0.5, 0.6) is 0 Å². The number of carbonyl (C=O) groups excluding carboxylic acids is 1. The van der Waals surface area contributed by atoms with Crippen LogP contribution in [0, 0.1) is 0 Å². The predicted molar refractivity (Wildman–Crippen MR) is 90.1 cm³/mol. The monoisotopic (exact) mass is 349 g/mol. The minimum absolute atomic E-state index is 0.164. The molecule has 1 aromatic rings. The molecule has 25 heavy (non-hydrogen) atoms. The summed E-state index contributed by atoms with van der Waals surface area (Å²) in [6.07, 6.45) is 0.751. The van der Waals surface area contributed by atoms with Crippen molar-refractivity contribution in [2.24, 2.45) is 0 Å². The maximum absolute atomic E-state index is 12.5. The maximum atomic E-state index is 12.5. The Morgan fingerprint density at radius 3 is 2.04 bits per heavy atom. The predicted octanol–water partition coefficient (Wildman–Crippen LogP) is 2.55. The van der Waals surface area contributed by atoms with E-state index >= 15 is 0 Å². The van der Waals surface area contributed by atoms with E-state index in [0.717, 1.165) is 18.2 Å². The van der Waals surface area contributed by atoms with Gasteiger partial charge in [0.25, 0.3) is 0 Å². The largest absolute Gasteiger partial charge is 0.478 e. The van der Waals surface area contributed by atoms with E-state index in [2.05, 4.69) is 5.32 Å². The summed E-state index contributed by atoms with van der Waals surface area (Å²) in [5.74, 6) is -3.37. The summed E-state index contributed by atoms with van der Waals surface area (Å²) in [6.45, 7) is 8.01. The number of carbonyl (C=O) groups is 3. The molecule has 0 unspecified atom stereocenters. The summed E-state index contributed by atoms with van der Waals surface area (Å²) in [7, 11) is 0. The van der Waals surface area contributed by atoms with Gasteiger partial charge in [0.15, 0.2) is 0 Å². The van der Waals surface area contributed by atoms with Crippen molar-refractivity contribution in [2.45, 2.75) is 57.7 Å². The van der Waals surface area contributed by atoms with Crippen LogP contribution in [0.1, 0.15) is 71.6 Å². The highest BCUT2D eigenvalue weighted by Gasteiger charge is 2.39. The fourth-order valence-corrected chi connectivity index (χ4v) is 3.56. The Balaban J connectivity index is 2.29. The van der Waals surface area contributed by atoms with Gasteiger partial charge in [0.05, 0.1) is 16.7 Å². The molecule has 0 saturated carbocycles. The number of nitrogens with one attached hydrogen (secondary N) is 1. The molecular formula is C18H23NO6. The van der Waals surface area contributed by atoms with Gasteiger partial charge in [-0.1, -0.05) is 0 Å². The first-order valence-corrected chi connectivity index (χ1v) is 8.01. The Morgan fingerprint density at radius 2 is 1.56 bits per heavy atom. The van der Waals surface area contributed by atoms with E-state index in [4.69, 9.17) is 9.84 Å². The van der Waals surface area contributed by atoms with Crippen molar-refractivity contribution in [3.63, 3.8) is 0 Å². The lowest BCUT2D eigenvalue weighted by atomic mass is 9.81. The van der Waals surface area contributed by atoms with Crippen molar-refractivity contribution in [2.75, 3.05) is 0 Å². The third-order valence-electron chi connectivity index (χ3n) is 4.14. The van der Waals surface area contributed by atoms with Crippen LogP contribution in [0.15, 0.2) is 18.2 Å². The molecule has 7 heteroatoms. The first-order valence-electron chi connectivity index (χ1n) is 8.01. The normalized spacial score (nSPS) is 19.2. The van der Waals surface area contributed by atoms with Crippen molar-refractivity contribution >= 4 is 17.9 Å². The quantitative estimate of drug-likeness (QED) is 0.716. The van der Waals surface area contributed by atoms with Crippen LogP contribution < -0.4 is 5.32 Å². The molecular weight excluding hydrogens is 326 g/mol. The summed E-state index contributed by atoms with van der Waals surface area (Å²) < 4.78 is 5.54. The van der Waals surface area contributed by atoms with Crippen LogP contribution in [0.4, 0.5) is 0 Å². The van der Waals surface area contributed by atoms with Gasteiger partial charge in [0, 0.05) is 23.9 Å². The highest BCUT2D eigenvalue weighted by Crippen LogP contribution is 2.31. The standard InChI is InChI=1S/C18H23NO6/c1-17(2)8-11(9-18(3,4)19-17)25-16(24)13-7-10(14(20)21)5-6-12(13)15(22)23/h5-7,11,19H,8-9H2,1-4H3,(H,20,21)(H,22,23). The molecule has 7 nitrogen and oxygen atoms in total. The van der Waals surface area contributed by atoms with E-state index in [1.165, 1.54) is 0 Å². The molecule has 1 heterocycles. The first kappa shape index (κ1) is 18.9. The van der Waals surface area contributed by atoms with Gasteiger partial charge in [-0.2, -0.15) is 0 Å². The van der Waals surface area contributed by atoms with Gasteiger partial charge in [-0.15, -0.1) is 0 Å². The fourth-order valence-electron chi connectivity index (χ4n) is 3.56. The number of ether oxygens (including phenoxy) is 1. The Bertz CT molecular complexity index is 706. The minimum Gasteiger partial charge on any atom is -0.478 e. The van der Waals surface area contributed by atoms with E-state index in [0.29, 0.717) is 12.8 Å². The molecule has 0 aliphatic carbocycles. The second kappa shape index (κ2) is 6.48. The van der Waals surface area contributed by atoms with Crippen molar-refractivity contribution in [1.82, 2.24) is 5.32 Å². The van der Waals surface area contributed by atoms with Gasteiger partial charge < -0.3 is 20.3 Å². The Kier molecular flexibility index (Phi) is 4.90. The Hall–Kier alpha value is -2.41. The van der Waals surface area contributed by atoms with E-state index in [1.54, 1.807) is 0 Å². The summed E-state index contributed by atoms with van der Waals surface area (Å²) in [5, 5.41) is 21.8. The van der Waals surface area contributed by atoms with E-state index in [9.17, 15) is 19.5 Å². The molecule has 1 aromatic carbocycles. The zero-order valence-corrected chi connectivity index (χ0v) is 14.8. The summed E-state index contributed by atoms with van der Waals surface area (Å²) in [4.78, 5) is 35.0. The van der Waals surface area contributed by atoms with Crippen molar-refractivity contribution in [1.29, 1.82) is 0 Å². The SMILES string of the molecule is CC1(C)CC(OC(=O)c2cc(C(=O)O)ccc2C(=O)O)CC(C)(C)N1. The van der Waals surface area contributed by atoms with Gasteiger partial charge in [0.2, 0.25) is 0 Å². The number of piperidine rings is 1. The lowest BCUT2D eigenvalue weighted by molar-refractivity contribution is -0.00663. The number of carboxylic acid groups (broad SMARTS) is 2. The first-order chi connectivity index (χ1) is 11.4. The molecule has 136 valence electrons. The van der Waals surface area contributed by atoms with Gasteiger partial charge in [-0.3, -0.25) is 0 Å². The number of hydrogen-bond donors (Lipinski definition) is 3. The van der Waals surface area contributed by atoms with Gasteiger partial charge in [-0.25, -0.2) is 14.4 Å². The van der Waals surface area contributed by atoms with Crippen LogP contribution >= 0.6 is 0 Å². The second-order valence-corrected chi connectivity index (χ2v) is 7.70. The zero-order valence-electron chi connectivity index (χ0n) is 14.8. The van der Waals surface area contributed by atoms with Gasteiger partial charge in [-0.05, 0) is 45.9 Å². The molecule has 0 bridgehead atoms. The van der Waals surface area contributed by atoms with Crippen LogP contribution in [0.3, 0.4) is 0 Å². The van der Waals surface area contributed by atoms with Crippen LogP contribution in [-0.2, 0) is 4.74 Å². The average Bonchev–Trinajstić information content (AvgIpc) is 2.42. The van der Waals surface area contributed by atoms with Gasteiger partial charge >= 0.3 is 17.9 Å². The minimum atomic E-state index is -1.31. The maximum Gasteiger partial charge on any atom is 0.339 e. The number of esters is 1. The molecule has 3 N–H and O–H groups in total. The summed E-state index contributed by atoms with van der Waals surface area (Å²) in [5.41, 5.74) is -1.18. The molecule has 0 aromatic heterocycles. The fraction of sp³-hybridized carbons (Fsp3) is 0.500. The molecule has 1 aliphatic heterocycles. The topological polar surface area (TPSA) is 113 Å². The third kappa shape index (κ3) is 4.57. The second-order valence-electron chi connectivity index (χ2n) is 7.70. The van der Waals surface area contributed by atoms with Crippen LogP contribution in [-0.4, -0.2) is 45.3 Å². The van der Waals surface area contributed by atoms with Gasteiger partial charge in [0.1, 0.15) is 6.10 Å². The van der Waals surface area contributed by atoms with Crippen LogP contribution in [0.25, 0.3) is 0 Å². The third-order valence-corrected chi connectivity index (χ3v) is 4.14. The van der Waals surface area contributed by atoms with Crippen molar-refractivity contribution in [3.8, 4) is 0 Å². The lowest BCUT2D eigenvalue weighted by Gasteiger charge is -2.45. The molecule has 2 rings (SSSR count). The summed E-state index contributed by atoms with van der Waals surface area (Å²) in [6, 6.07) is 3.31. The number of carboxylic acids is 2. The Morgan fingerprint density at radius 1 is 1.00 bits per heavy atom. The highest BCUT2D eigenvalue weighted by molar-refractivity contribution is 6.04. The molecule has 0 amide bonds. The molecule has 1 saturated heterocycles. The number of aromatic carboxylic acids is 2. The van der Waals surface area contributed by atoms with Crippen molar-refractivity contribution < 1.29 is 29.3 Å². The zero-order chi connectivity index (χ0) is 19.0. The average molecular weight is 349 g/mol. The van der Waals surface area contributed by atoms with Crippen LogP contribution in [0.2, 0.25) is 0 Å². The number of hydrogen-bond acceptors (Lipinski definition) is 5. The lowest BCUT2D eigenvalue weighted by Crippen LogP contribution is -2.59. The number of rotatable bonds is 4. The van der Waals surface area contributed by atoms with E-state index < -0.39 is 24.0 Å². The molecule has 0 spiro atoms. The molecule has 1 fully saturated rings. The molecule has 0 atom stereocenters. The summed E-state index contributed by atoms with van der Waals surface area (Å²) >= 11 is 0. The molecule has 0 radical (unpaired) electrons. The smallest absolute Gasteiger partial charge is 0.339 e. The van der Waals surface area contributed by atoms with E-state index in [1.807, 2.05) is 27.7 Å². The van der Waals surface area contributed by atoms with Crippen molar-refractivity contribution in [3.05, 3.63) is 34.9 Å². The molecule has 1 aliphatic rings. The Labute approximate surface area is 146 Å². The van der Waals surface area contributed by atoms with E-state index in [-0.39, 0.29) is 27.8 Å². The highest BCUT2D eigenvalue weighted by atomic mass is 16.5. The number of benzene rings is 1.